The first kappa shape index (κ1) is 20.4. The van der Waals surface area contributed by atoms with E-state index in [9.17, 15) is 13.2 Å². The van der Waals surface area contributed by atoms with Crippen molar-refractivity contribution in [3.05, 3.63) is 59.7 Å². The van der Waals surface area contributed by atoms with E-state index >= 15 is 0 Å². The highest BCUT2D eigenvalue weighted by Gasteiger charge is 2.27. The van der Waals surface area contributed by atoms with Gasteiger partial charge in [-0.1, -0.05) is 12.1 Å². The smallest absolute Gasteiger partial charge is 0.251 e. The third kappa shape index (κ3) is 5.56. The number of rotatable bonds is 9. The van der Waals surface area contributed by atoms with E-state index in [1.165, 1.54) is 17.7 Å². The summed E-state index contributed by atoms with van der Waals surface area (Å²) in [6.45, 7) is 0.567. The monoisotopic (exact) mass is 401 g/mol. The van der Waals surface area contributed by atoms with Crippen molar-refractivity contribution in [2.45, 2.75) is 36.6 Å². The van der Waals surface area contributed by atoms with Gasteiger partial charge in [-0.3, -0.25) is 4.79 Å². The van der Waals surface area contributed by atoms with Gasteiger partial charge < -0.3 is 10.2 Å². The summed E-state index contributed by atoms with van der Waals surface area (Å²) < 4.78 is 26.9. The van der Waals surface area contributed by atoms with Gasteiger partial charge >= 0.3 is 0 Å². The zero-order chi connectivity index (χ0) is 20.1. The molecule has 3 rings (SSSR count). The third-order valence-electron chi connectivity index (χ3n) is 4.71. The maximum atomic E-state index is 12.2. The molecule has 1 aliphatic rings. The third-order valence-corrected chi connectivity index (χ3v) is 6.24. The molecule has 1 fully saturated rings. The molecule has 0 saturated heterocycles. The molecule has 7 heteroatoms. The fraction of sp³-hybridized carbons (Fsp3) is 0.381. The van der Waals surface area contributed by atoms with Gasteiger partial charge in [0.25, 0.3) is 5.91 Å². The number of amides is 1. The molecule has 0 radical (unpaired) electrons. The SMILES string of the molecule is CN(C)c1ccc(CCCNC(=O)c2ccc(S(=O)(=O)NC3CC3)cc2)cc1. The second-order valence-electron chi connectivity index (χ2n) is 7.34. The minimum atomic E-state index is -3.48. The van der Waals surface area contributed by atoms with Crippen LogP contribution in [0.4, 0.5) is 5.69 Å². The molecule has 0 unspecified atom stereocenters. The number of aryl methyl sites for hydroxylation is 1. The van der Waals surface area contributed by atoms with Crippen LogP contribution in [0.5, 0.6) is 0 Å². The maximum absolute atomic E-state index is 12.2. The van der Waals surface area contributed by atoms with Gasteiger partial charge in [0.2, 0.25) is 10.0 Å². The molecule has 0 aromatic heterocycles. The molecule has 2 aromatic rings. The Labute approximate surface area is 167 Å². The maximum Gasteiger partial charge on any atom is 0.251 e. The number of nitrogens with zero attached hydrogens (tertiary/aromatic N) is 1. The highest BCUT2D eigenvalue weighted by molar-refractivity contribution is 7.89. The summed E-state index contributed by atoms with van der Waals surface area (Å²) in [5.74, 6) is -0.193. The van der Waals surface area contributed by atoms with Crippen LogP contribution >= 0.6 is 0 Å². The predicted octanol–water partition coefficient (Wildman–Crippen LogP) is 2.56. The Morgan fingerprint density at radius 1 is 1.04 bits per heavy atom. The summed E-state index contributed by atoms with van der Waals surface area (Å²) in [7, 11) is 0.536. The van der Waals surface area contributed by atoms with Gasteiger partial charge in [0.15, 0.2) is 0 Å². The number of nitrogens with one attached hydrogen (secondary N) is 2. The van der Waals surface area contributed by atoms with E-state index < -0.39 is 10.0 Å². The Hall–Kier alpha value is -2.38. The van der Waals surface area contributed by atoms with Crippen LogP contribution in [-0.4, -0.2) is 41.0 Å². The normalized spacial score (nSPS) is 13.9. The van der Waals surface area contributed by atoms with Gasteiger partial charge in [0.1, 0.15) is 0 Å². The van der Waals surface area contributed by atoms with Gasteiger partial charge in [-0.2, -0.15) is 0 Å². The Kier molecular flexibility index (Phi) is 6.36. The van der Waals surface area contributed by atoms with Crippen molar-refractivity contribution in [1.82, 2.24) is 10.0 Å². The van der Waals surface area contributed by atoms with Gasteiger partial charge in [-0.15, -0.1) is 0 Å². The zero-order valence-corrected chi connectivity index (χ0v) is 17.1. The molecule has 2 aromatic carbocycles. The van der Waals surface area contributed by atoms with Gasteiger partial charge in [-0.25, -0.2) is 13.1 Å². The molecular formula is C21H27N3O3S. The zero-order valence-electron chi connectivity index (χ0n) is 16.3. The standard InChI is InChI=1S/C21H27N3O3S/c1-24(2)19-11-5-16(6-12-19)4-3-15-22-21(25)17-7-13-20(14-8-17)28(26,27)23-18-9-10-18/h5-8,11-14,18,23H,3-4,9-10,15H2,1-2H3,(H,22,25). The Morgan fingerprint density at radius 2 is 1.68 bits per heavy atom. The summed E-state index contributed by atoms with van der Waals surface area (Å²) in [6.07, 6.45) is 3.50. The van der Waals surface area contributed by atoms with E-state index in [4.69, 9.17) is 0 Å². The number of sulfonamides is 1. The summed E-state index contributed by atoms with van der Waals surface area (Å²) in [4.78, 5) is 14.5. The first-order chi connectivity index (χ1) is 13.3. The van der Waals surface area contributed by atoms with Crippen molar-refractivity contribution in [1.29, 1.82) is 0 Å². The molecule has 0 atom stereocenters. The van der Waals surface area contributed by atoms with Crippen LogP contribution in [0.2, 0.25) is 0 Å². The molecule has 28 heavy (non-hydrogen) atoms. The molecular weight excluding hydrogens is 374 g/mol. The van der Waals surface area contributed by atoms with Crippen LogP contribution in [-0.2, 0) is 16.4 Å². The van der Waals surface area contributed by atoms with Crippen LogP contribution < -0.4 is 14.9 Å². The number of hydrogen-bond acceptors (Lipinski definition) is 4. The van der Waals surface area contributed by atoms with Crippen molar-refractivity contribution in [2.75, 3.05) is 25.5 Å². The second kappa shape index (κ2) is 8.75. The molecule has 0 bridgehead atoms. The largest absolute Gasteiger partial charge is 0.378 e. The van der Waals surface area contributed by atoms with Gasteiger partial charge in [0.05, 0.1) is 4.90 Å². The van der Waals surface area contributed by atoms with E-state index in [1.54, 1.807) is 12.1 Å². The second-order valence-corrected chi connectivity index (χ2v) is 9.05. The molecule has 1 saturated carbocycles. The van der Waals surface area contributed by atoms with Gasteiger partial charge in [-0.05, 0) is 67.6 Å². The van der Waals surface area contributed by atoms with Crippen LogP contribution in [0.3, 0.4) is 0 Å². The minimum absolute atomic E-state index is 0.0621. The molecule has 6 nitrogen and oxygen atoms in total. The van der Waals surface area contributed by atoms with Crippen LogP contribution in [0.1, 0.15) is 35.2 Å². The number of benzene rings is 2. The summed E-state index contributed by atoms with van der Waals surface area (Å²) in [5.41, 5.74) is 2.85. The van der Waals surface area contributed by atoms with E-state index in [0.29, 0.717) is 12.1 Å². The average Bonchev–Trinajstić information content (AvgIpc) is 3.49. The van der Waals surface area contributed by atoms with Crippen molar-refractivity contribution in [3.8, 4) is 0 Å². The quantitative estimate of drug-likeness (QED) is 0.633. The molecule has 0 spiro atoms. The summed E-state index contributed by atoms with van der Waals surface area (Å²) in [5, 5.41) is 2.89. The molecule has 1 amide bonds. The topological polar surface area (TPSA) is 78.5 Å². The van der Waals surface area contributed by atoms with E-state index in [2.05, 4.69) is 39.2 Å². The summed E-state index contributed by atoms with van der Waals surface area (Å²) in [6, 6.07) is 14.5. The van der Waals surface area contributed by atoms with Crippen molar-refractivity contribution in [2.24, 2.45) is 0 Å². The number of anilines is 1. The molecule has 150 valence electrons. The molecule has 0 heterocycles. The Bertz CT molecular complexity index is 903. The van der Waals surface area contributed by atoms with Crippen molar-refractivity contribution in [3.63, 3.8) is 0 Å². The van der Waals surface area contributed by atoms with E-state index in [-0.39, 0.29) is 16.8 Å². The fourth-order valence-corrected chi connectivity index (χ4v) is 4.14. The molecule has 0 aliphatic heterocycles. The lowest BCUT2D eigenvalue weighted by Gasteiger charge is -2.12. The van der Waals surface area contributed by atoms with E-state index in [0.717, 1.165) is 31.4 Å². The summed E-state index contributed by atoms with van der Waals surface area (Å²) >= 11 is 0. The first-order valence-electron chi connectivity index (χ1n) is 9.52. The lowest BCUT2D eigenvalue weighted by Crippen LogP contribution is -2.26. The lowest BCUT2D eigenvalue weighted by atomic mass is 10.1. The average molecular weight is 402 g/mol. The highest BCUT2D eigenvalue weighted by atomic mass is 32.2. The predicted molar refractivity (Wildman–Crippen MR) is 111 cm³/mol. The Balaban J connectivity index is 1.45. The van der Waals surface area contributed by atoms with E-state index in [1.807, 2.05) is 14.1 Å². The Morgan fingerprint density at radius 3 is 2.25 bits per heavy atom. The lowest BCUT2D eigenvalue weighted by molar-refractivity contribution is 0.0953. The van der Waals surface area contributed by atoms with Crippen LogP contribution in [0.25, 0.3) is 0 Å². The van der Waals surface area contributed by atoms with Crippen molar-refractivity contribution >= 4 is 21.6 Å². The molecule has 2 N–H and O–H groups in total. The minimum Gasteiger partial charge on any atom is -0.378 e. The first-order valence-corrected chi connectivity index (χ1v) is 11.0. The van der Waals surface area contributed by atoms with Crippen LogP contribution in [0.15, 0.2) is 53.4 Å². The highest BCUT2D eigenvalue weighted by Crippen LogP contribution is 2.22. The van der Waals surface area contributed by atoms with Crippen LogP contribution in [0, 0.1) is 0 Å². The number of carbonyl (C=O) groups excluding carboxylic acids is 1. The van der Waals surface area contributed by atoms with Crippen molar-refractivity contribution < 1.29 is 13.2 Å². The molecule has 1 aliphatic carbocycles. The number of hydrogen-bond donors (Lipinski definition) is 2. The number of carbonyl (C=O) groups is 1. The van der Waals surface area contributed by atoms with Gasteiger partial charge in [0, 0.05) is 37.9 Å². The fourth-order valence-electron chi connectivity index (χ4n) is 2.83.